The average Bonchev–Trinajstić information content (AvgIpc) is 2.43. The van der Waals surface area contributed by atoms with Crippen molar-refractivity contribution in [2.45, 2.75) is 0 Å². The zero-order chi connectivity index (χ0) is 15.6. The second-order valence-electron chi connectivity index (χ2n) is 4.08. The van der Waals surface area contributed by atoms with E-state index in [0.717, 1.165) is 12.1 Å². The highest BCUT2D eigenvalue weighted by Gasteiger charge is 2.19. The number of carboxylic acid groups (broad SMARTS) is 1. The van der Waals surface area contributed by atoms with Crippen LogP contribution in [0.15, 0.2) is 36.4 Å². The molecule has 21 heavy (non-hydrogen) atoms. The molecule has 1 amide bonds. The van der Waals surface area contributed by atoms with E-state index in [-0.39, 0.29) is 16.3 Å². The SMILES string of the molecule is O=C(Nc1c(F)cccc1C(=O)O)c1cc(Cl)ccc1O. The van der Waals surface area contributed by atoms with Crippen molar-refractivity contribution in [2.75, 3.05) is 5.32 Å². The number of hydrogen-bond acceptors (Lipinski definition) is 3. The van der Waals surface area contributed by atoms with Gasteiger partial charge >= 0.3 is 5.97 Å². The fraction of sp³-hybridized carbons (Fsp3) is 0. The smallest absolute Gasteiger partial charge is 0.337 e. The van der Waals surface area contributed by atoms with Gasteiger partial charge in [-0.3, -0.25) is 4.79 Å². The Morgan fingerprint density at radius 3 is 2.52 bits per heavy atom. The van der Waals surface area contributed by atoms with Gasteiger partial charge in [0.05, 0.1) is 16.8 Å². The Balaban J connectivity index is 2.41. The van der Waals surface area contributed by atoms with E-state index >= 15 is 0 Å². The summed E-state index contributed by atoms with van der Waals surface area (Å²) in [5, 5.41) is 20.9. The molecule has 0 radical (unpaired) electrons. The first-order valence-electron chi connectivity index (χ1n) is 5.72. The van der Waals surface area contributed by atoms with E-state index in [1.54, 1.807) is 0 Å². The summed E-state index contributed by atoms with van der Waals surface area (Å²) in [6, 6.07) is 7.15. The molecule has 0 aliphatic carbocycles. The van der Waals surface area contributed by atoms with Gasteiger partial charge in [0.1, 0.15) is 11.6 Å². The summed E-state index contributed by atoms with van der Waals surface area (Å²) < 4.78 is 13.7. The van der Waals surface area contributed by atoms with Crippen molar-refractivity contribution in [3.63, 3.8) is 0 Å². The van der Waals surface area contributed by atoms with Gasteiger partial charge in [0.15, 0.2) is 0 Å². The van der Waals surface area contributed by atoms with Gasteiger partial charge in [-0.1, -0.05) is 17.7 Å². The molecule has 0 aliphatic rings. The molecular formula is C14H9ClFNO4. The van der Waals surface area contributed by atoms with E-state index in [2.05, 4.69) is 5.32 Å². The molecule has 108 valence electrons. The van der Waals surface area contributed by atoms with Crippen LogP contribution in [0.5, 0.6) is 5.75 Å². The van der Waals surface area contributed by atoms with Crippen LogP contribution in [0.2, 0.25) is 5.02 Å². The van der Waals surface area contributed by atoms with Gasteiger partial charge in [-0.15, -0.1) is 0 Å². The van der Waals surface area contributed by atoms with Gasteiger partial charge in [0.2, 0.25) is 0 Å². The summed E-state index contributed by atoms with van der Waals surface area (Å²) in [7, 11) is 0. The fourth-order valence-electron chi connectivity index (χ4n) is 1.70. The number of anilines is 1. The lowest BCUT2D eigenvalue weighted by Gasteiger charge is -2.10. The highest BCUT2D eigenvalue weighted by molar-refractivity contribution is 6.31. The number of phenols is 1. The minimum absolute atomic E-state index is 0.193. The number of phenolic OH excluding ortho intramolecular Hbond substituents is 1. The maximum Gasteiger partial charge on any atom is 0.337 e. The van der Waals surface area contributed by atoms with E-state index in [9.17, 15) is 19.1 Å². The molecule has 0 heterocycles. The molecule has 0 aromatic heterocycles. The highest BCUT2D eigenvalue weighted by atomic mass is 35.5. The molecule has 2 rings (SSSR count). The molecule has 7 heteroatoms. The van der Waals surface area contributed by atoms with Gasteiger partial charge in [-0.05, 0) is 30.3 Å². The molecule has 0 fully saturated rings. The summed E-state index contributed by atoms with van der Waals surface area (Å²) >= 11 is 5.72. The highest BCUT2D eigenvalue weighted by Crippen LogP contribution is 2.25. The van der Waals surface area contributed by atoms with Gasteiger partial charge in [-0.2, -0.15) is 0 Å². The number of aromatic hydroxyl groups is 1. The lowest BCUT2D eigenvalue weighted by molar-refractivity contribution is 0.0697. The number of carbonyl (C=O) groups excluding carboxylic acids is 1. The zero-order valence-electron chi connectivity index (χ0n) is 10.4. The summed E-state index contributed by atoms with van der Waals surface area (Å²) in [4.78, 5) is 23.0. The third kappa shape index (κ3) is 3.11. The van der Waals surface area contributed by atoms with Crippen LogP contribution in [0.4, 0.5) is 10.1 Å². The monoisotopic (exact) mass is 309 g/mol. The van der Waals surface area contributed by atoms with Crippen molar-refractivity contribution in [2.24, 2.45) is 0 Å². The average molecular weight is 310 g/mol. The molecule has 0 aliphatic heterocycles. The Hall–Kier alpha value is -2.60. The van der Waals surface area contributed by atoms with Crippen LogP contribution < -0.4 is 5.32 Å². The normalized spacial score (nSPS) is 10.2. The maximum atomic E-state index is 13.7. The van der Waals surface area contributed by atoms with Crippen LogP contribution >= 0.6 is 11.6 Å². The van der Waals surface area contributed by atoms with E-state index in [4.69, 9.17) is 16.7 Å². The lowest BCUT2D eigenvalue weighted by Crippen LogP contribution is -2.16. The van der Waals surface area contributed by atoms with Gasteiger partial charge < -0.3 is 15.5 Å². The van der Waals surface area contributed by atoms with E-state index in [1.807, 2.05) is 0 Å². The molecule has 0 atom stereocenters. The Labute approximate surface area is 123 Å². The van der Waals surface area contributed by atoms with Crippen molar-refractivity contribution in [3.05, 3.63) is 58.4 Å². The molecule has 2 aromatic rings. The molecule has 0 saturated heterocycles. The minimum atomic E-state index is -1.39. The van der Waals surface area contributed by atoms with Crippen molar-refractivity contribution in [1.82, 2.24) is 0 Å². The first-order chi connectivity index (χ1) is 9.90. The number of carboxylic acids is 1. The Morgan fingerprint density at radius 1 is 1.14 bits per heavy atom. The number of carbonyl (C=O) groups is 2. The minimum Gasteiger partial charge on any atom is -0.507 e. The van der Waals surface area contributed by atoms with Gasteiger partial charge in [-0.25, -0.2) is 9.18 Å². The number of halogens is 2. The fourth-order valence-corrected chi connectivity index (χ4v) is 1.87. The third-order valence-electron chi connectivity index (χ3n) is 2.69. The Bertz CT molecular complexity index is 733. The number of benzene rings is 2. The third-order valence-corrected chi connectivity index (χ3v) is 2.92. The van der Waals surface area contributed by atoms with E-state index in [0.29, 0.717) is 0 Å². The van der Waals surface area contributed by atoms with Crippen LogP contribution in [0.25, 0.3) is 0 Å². The van der Waals surface area contributed by atoms with Crippen LogP contribution in [0.3, 0.4) is 0 Å². The summed E-state index contributed by atoms with van der Waals surface area (Å²) in [5.41, 5.74) is -1.07. The summed E-state index contributed by atoms with van der Waals surface area (Å²) in [5.74, 6) is -3.52. The largest absolute Gasteiger partial charge is 0.507 e. The standard InChI is InChI=1S/C14H9ClFNO4/c15-7-4-5-11(18)9(6-7)13(19)17-12-8(14(20)21)2-1-3-10(12)16/h1-6,18H,(H,17,19)(H,20,21). The molecule has 5 nitrogen and oxygen atoms in total. The number of amides is 1. The first kappa shape index (κ1) is 14.8. The summed E-state index contributed by atoms with van der Waals surface area (Å²) in [6.07, 6.45) is 0. The topological polar surface area (TPSA) is 86.6 Å². The number of aromatic carboxylic acids is 1. The number of para-hydroxylation sites is 1. The maximum absolute atomic E-state index is 13.7. The predicted octanol–water partition coefficient (Wildman–Crippen LogP) is 3.14. The van der Waals surface area contributed by atoms with Crippen LogP contribution in [-0.4, -0.2) is 22.1 Å². The Kier molecular flexibility index (Phi) is 4.09. The molecular weight excluding hydrogens is 301 g/mol. The quantitative estimate of drug-likeness (QED) is 0.813. The van der Waals surface area contributed by atoms with Crippen LogP contribution in [0, 0.1) is 5.82 Å². The van der Waals surface area contributed by atoms with E-state index < -0.39 is 28.9 Å². The zero-order valence-corrected chi connectivity index (χ0v) is 11.2. The van der Waals surface area contributed by atoms with Crippen molar-refractivity contribution < 1.29 is 24.2 Å². The van der Waals surface area contributed by atoms with Crippen LogP contribution in [-0.2, 0) is 0 Å². The lowest BCUT2D eigenvalue weighted by atomic mass is 10.1. The van der Waals surface area contributed by atoms with Crippen molar-refractivity contribution in [1.29, 1.82) is 0 Å². The second kappa shape index (κ2) is 5.80. The molecule has 0 spiro atoms. The predicted molar refractivity (Wildman–Crippen MR) is 74.4 cm³/mol. The number of rotatable bonds is 3. The van der Waals surface area contributed by atoms with Gasteiger partial charge in [0, 0.05) is 5.02 Å². The second-order valence-corrected chi connectivity index (χ2v) is 4.52. The molecule has 0 unspecified atom stereocenters. The Morgan fingerprint density at radius 2 is 1.86 bits per heavy atom. The number of hydrogen-bond donors (Lipinski definition) is 3. The molecule has 3 N–H and O–H groups in total. The van der Waals surface area contributed by atoms with E-state index in [1.165, 1.54) is 24.3 Å². The first-order valence-corrected chi connectivity index (χ1v) is 6.09. The molecule has 0 saturated carbocycles. The summed E-state index contributed by atoms with van der Waals surface area (Å²) in [6.45, 7) is 0. The molecule has 0 bridgehead atoms. The number of nitrogens with one attached hydrogen (secondary N) is 1. The van der Waals surface area contributed by atoms with Crippen LogP contribution in [0.1, 0.15) is 20.7 Å². The van der Waals surface area contributed by atoms with Gasteiger partial charge in [0.25, 0.3) is 5.91 Å². The molecule has 2 aromatic carbocycles. The van der Waals surface area contributed by atoms with Crippen molar-refractivity contribution in [3.8, 4) is 5.75 Å². The van der Waals surface area contributed by atoms with Crippen molar-refractivity contribution >= 4 is 29.2 Å².